The van der Waals surface area contributed by atoms with E-state index in [9.17, 15) is 0 Å². The van der Waals surface area contributed by atoms with Gasteiger partial charge in [-0.2, -0.15) is 4.98 Å². The van der Waals surface area contributed by atoms with Crippen LogP contribution in [-0.2, 0) is 6.42 Å². The van der Waals surface area contributed by atoms with E-state index in [0.29, 0.717) is 24.0 Å². The number of hydrogen-bond acceptors (Lipinski definition) is 5. The Morgan fingerprint density at radius 3 is 2.83 bits per heavy atom. The molecule has 1 aliphatic heterocycles. The zero-order chi connectivity index (χ0) is 20.3. The highest BCUT2D eigenvalue weighted by Gasteiger charge is 2.29. The van der Waals surface area contributed by atoms with E-state index in [0.717, 1.165) is 49.4 Å². The van der Waals surface area contributed by atoms with Crippen molar-refractivity contribution >= 4 is 23.1 Å². The molecule has 2 N–H and O–H groups in total. The summed E-state index contributed by atoms with van der Waals surface area (Å²) in [6.07, 6.45) is 3.90. The fourth-order valence-electron chi connectivity index (χ4n) is 4.22. The summed E-state index contributed by atoms with van der Waals surface area (Å²) in [5.41, 5.74) is 4.96. The van der Waals surface area contributed by atoms with Gasteiger partial charge in [0.25, 0.3) is 0 Å². The molecule has 0 amide bonds. The summed E-state index contributed by atoms with van der Waals surface area (Å²) >= 11 is 0. The summed E-state index contributed by atoms with van der Waals surface area (Å²) in [6, 6.07) is 16.1. The molecule has 0 radical (unpaired) electrons. The maximum absolute atomic E-state index is 7.38. The zero-order valence-corrected chi connectivity index (χ0v) is 16.7. The smallest absolute Gasteiger partial charge is 0.229 e. The Balaban J connectivity index is 1.57. The summed E-state index contributed by atoms with van der Waals surface area (Å²) in [5, 5.41) is 6.86. The number of nitrogens with zero attached hydrogens (tertiary/aromatic N) is 3. The van der Waals surface area contributed by atoms with Crippen molar-refractivity contribution in [1.29, 1.82) is 0 Å². The molecule has 4 bridgehead atoms. The molecule has 150 valence electrons. The molecule has 1 unspecified atom stereocenters. The van der Waals surface area contributed by atoms with Gasteiger partial charge >= 0.3 is 0 Å². The van der Waals surface area contributed by atoms with Gasteiger partial charge in [0.05, 0.1) is 18.9 Å². The van der Waals surface area contributed by atoms with E-state index in [1.807, 2.05) is 18.2 Å². The molecule has 3 aromatic rings. The molecular formula is C24H23N5O. The van der Waals surface area contributed by atoms with Crippen LogP contribution in [0.1, 0.15) is 42.0 Å². The van der Waals surface area contributed by atoms with Gasteiger partial charge in [-0.3, -0.25) is 0 Å². The number of hydrogen-bond donors (Lipinski definition) is 2. The number of nitrogens with one attached hydrogen (secondary N) is 2. The third kappa shape index (κ3) is 3.55. The minimum atomic E-state index is 0.282. The minimum absolute atomic E-state index is 0.282. The second kappa shape index (κ2) is 8.03. The van der Waals surface area contributed by atoms with Gasteiger partial charge in [0.2, 0.25) is 11.6 Å². The molecule has 2 aliphatic rings. The molecule has 30 heavy (non-hydrogen) atoms. The van der Waals surface area contributed by atoms with Gasteiger partial charge in [0, 0.05) is 23.7 Å². The number of ether oxygens (including phenoxy) is 1. The highest BCUT2D eigenvalue weighted by molar-refractivity contribution is 5.68. The summed E-state index contributed by atoms with van der Waals surface area (Å²) in [7, 11) is 0. The Labute approximate surface area is 176 Å². The van der Waals surface area contributed by atoms with Crippen LogP contribution < -0.4 is 15.4 Å². The Kier molecular flexibility index (Phi) is 4.94. The van der Waals surface area contributed by atoms with Crippen LogP contribution in [0.3, 0.4) is 0 Å². The lowest BCUT2D eigenvalue weighted by molar-refractivity contribution is 0.310. The first kappa shape index (κ1) is 18.4. The van der Waals surface area contributed by atoms with Crippen LogP contribution in [0.5, 0.6) is 5.75 Å². The molecule has 1 aromatic heterocycles. The van der Waals surface area contributed by atoms with Crippen molar-refractivity contribution in [3.63, 3.8) is 0 Å². The predicted molar refractivity (Wildman–Crippen MR) is 118 cm³/mol. The van der Waals surface area contributed by atoms with Crippen molar-refractivity contribution in [3.05, 3.63) is 76.8 Å². The van der Waals surface area contributed by atoms with Crippen LogP contribution in [0.15, 0.2) is 48.5 Å². The number of benzene rings is 2. The van der Waals surface area contributed by atoms with Gasteiger partial charge in [0.1, 0.15) is 11.6 Å². The number of fused-ring (bicyclic) bond motifs is 6. The topological polar surface area (TPSA) is 63.4 Å². The molecule has 6 nitrogen and oxygen atoms in total. The van der Waals surface area contributed by atoms with E-state index in [1.165, 1.54) is 11.1 Å². The van der Waals surface area contributed by atoms with Crippen LogP contribution in [0, 0.1) is 6.57 Å². The molecule has 0 saturated carbocycles. The van der Waals surface area contributed by atoms with Gasteiger partial charge in [-0.1, -0.05) is 36.4 Å². The van der Waals surface area contributed by atoms with Crippen molar-refractivity contribution in [2.45, 2.75) is 31.6 Å². The molecule has 6 heteroatoms. The first-order valence-corrected chi connectivity index (χ1v) is 10.4. The summed E-state index contributed by atoms with van der Waals surface area (Å²) < 4.78 is 5.87. The maximum atomic E-state index is 7.38. The second-order valence-corrected chi connectivity index (χ2v) is 7.66. The van der Waals surface area contributed by atoms with Gasteiger partial charge in [-0.25, -0.2) is 9.83 Å². The van der Waals surface area contributed by atoms with Crippen molar-refractivity contribution in [2.75, 3.05) is 23.8 Å². The van der Waals surface area contributed by atoms with E-state index in [1.54, 1.807) is 6.07 Å². The number of rotatable bonds is 1. The lowest BCUT2D eigenvalue weighted by Crippen LogP contribution is -2.11. The SMILES string of the molecule is [C-]#[N+]c1ccc2cc1OCCCCNc1nc(nc3c1CCC3c1ccccc1)N2. The average molecular weight is 397 g/mol. The third-order valence-corrected chi connectivity index (χ3v) is 5.71. The van der Waals surface area contributed by atoms with E-state index in [2.05, 4.69) is 39.7 Å². The standard InChI is InChI=1S/C24H23N5O/c1-25-20-12-9-17-15-21(20)30-14-6-5-13-26-23-19-11-10-18(16-7-3-2-4-8-16)22(19)28-24(27-17)29-23/h2-4,7-9,12,15,18H,5-6,10-11,13-14H2,(H2,26,27,28,29). The molecule has 1 aliphatic carbocycles. The van der Waals surface area contributed by atoms with Gasteiger partial charge in [0.15, 0.2) is 0 Å². The zero-order valence-electron chi connectivity index (χ0n) is 16.7. The van der Waals surface area contributed by atoms with Gasteiger partial charge < -0.3 is 15.4 Å². The number of aromatic nitrogens is 2. The Morgan fingerprint density at radius 1 is 1.07 bits per heavy atom. The average Bonchev–Trinajstić information content (AvgIpc) is 3.20. The highest BCUT2D eigenvalue weighted by Crippen LogP contribution is 2.40. The number of anilines is 3. The molecular weight excluding hydrogens is 374 g/mol. The second-order valence-electron chi connectivity index (χ2n) is 7.66. The Bertz CT molecular complexity index is 1110. The van der Waals surface area contributed by atoms with Crippen molar-refractivity contribution in [2.24, 2.45) is 0 Å². The lowest BCUT2D eigenvalue weighted by Gasteiger charge is -2.16. The molecule has 0 spiro atoms. The van der Waals surface area contributed by atoms with E-state index in [-0.39, 0.29) is 5.92 Å². The van der Waals surface area contributed by atoms with Crippen molar-refractivity contribution in [3.8, 4) is 5.75 Å². The van der Waals surface area contributed by atoms with E-state index in [4.69, 9.17) is 21.3 Å². The highest BCUT2D eigenvalue weighted by atomic mass is 16.5. The maximum Gasteiger partial charge on any atom is 0.229 e. The predicted octanol–water partition coefficient (Wildman–Crippen LogP) is 5.43. The quantitative estimate of drug-likeness (QED) is 0.536. The summed E-state index contributed by atoms with van der Waals surface area (Å²) in [6.45, 7) is 8.80. The molecule has 5 rings (SSSR count). The lowest BCUT2D eigenvalue weighted by atomic mass is 9.97. The van der Waals surface area contributed by atoms with Crippen molar-refractivity contribution in [1.82, 2.24) is 9.97 Å². The van der Waals surface area contributed by atoms with Crippen LogP contribution >= 0.6 is 0 Å². The molecule has 0 saturated heterocycles. The van der Waals surface area contributed by atoms with Gasteiger partial charge in [-0.15, -0.1) is 0 Å². The van der Waals surface area contributed by atoms with Crippen LogP contribution in [0.4, 0.5) is 23.1 Å². The van der Waals surface area contributed by atoms with E-state index < -0.39 is 0 Å². The first-order chi connectivity index (χ1) is 14.8. The third-order valence-electron chi connectivity index (χ3n) is 5.71. The Morgan fingerprint density at radius 2 is 1.97 bits per heavy atom. The minimum Gasteiger partial charge on any atom is -0.505 e. The van der Waals surface area contributed by atoms with E-state index >= 15 is 0 Å². The molecule has 1 atom stereocenters. The summed E-state index contributed by atoms with van der Waals surface area (Å²) in [5.74, 6) is 2.38. The van der Waals surface area contributed by atoms with Crippen LogP contribution in [0.25, 0.3) is 4.85 Å². The largest absolute Gasteiger partial charge is 0.505 e. The Hall–Kier alpha value is -3.59. The molecule has 0 fully saturated rings. The fraction of sp³-hybridized carbons (Fsp3) is 0.292. The normalized spacial score (nSPS) is 17.6. The molecule has 2 aromatic carbocycles. The molecule has 2 heterocycles. The first-order valence-electron chi connectivity index (χ1n) is 10.4. The fourth-order valence-corrected chi connectivity index (χ4v) is 4.22. The summed E-state index contributed by atoms with van der Waals surface area (Å²) in [4.78, 5) is 13.3. The van der Waals surface area contributed by atoms with Crippen LogP contribution in [0.2, 0.25) is 0 Å². The van der Waals surface area contributed by atoms with Gasteiger partial charge in [-0.05, 0) is 43.4 Å². The van der Waals surface area contributed by atoms with Crippen LogP contribution in [-0.4, -0.2) is 23.1 Å². The van der Waals surface area contributed by atoms with Crippen molar-refractivity contribution < 1.29 is 4.74 Å². The monoisotopic (exact) mass is 397 g/mol.